The Bertz CT molecular complexity index is 1180. The normalized spacial score (nSPS) is 21.2. The van der Waals surface area contributed by atoms with Crippen molar-refractivity contribution in [1.29, 1.82) is 0 Å². The maximum Gasteiger partial charge on any atom is 0.274 e. The molecule has 0 radical (unpaired) electrons. The number of amidine groups is 1. The minimum absolute atomic E-state index is 0.0278. The van der Waals surface area contributed by atoms with Gasteiger partial charge in [-0.1, -0.05) is 11.6 Å². The van der Waals surface area contributed by atoms with Crippen LogP contribution >= 0.6 is 11.6 Å². The molecule has 0 aliphatic heterocycles. The minimum Gasteiger partial charge on any atom is -0.386 e. The number of benzene rings is 1. The average Bonchev–Trinajstić information content (AvgIpc) is 2.69. The van der Waals surface area contributed by atoms with Gasteiger partial charge in [-0.25, -0.2) is 17.8 Å². The quantitative estimate of drug-likeness (QED) is 0.462. The van der Waals surface area contributed by atoms with Gasteiger partial charge in [0.1, 0.15) is 22.1 Å². The highest BCUT2D eigenvalue weighted by molar-refractivity contribution is 7.93. The largest absolute Gasteiger partial charge is 0.386 e. The molecule has 1 saturated carbocycles. The lowest BCUT2D eigenvalue weighted by atomic mass is 9.80. The zero-order chi connectivity index (χ0) is 23.7. The van der Waals surface area contributed by atoms with Crippen LogP contribution in [0.5, 0.6) is 0 Å². The summed E-state index contributed by atoms with van der Waals surface area (Å²) in [5.41, 5.74) is 6.80. The summed E-state index contributed by atoms with van der Waals surface area (Å²) >= 11 is 5.87. The molecule has 1 aliphatic rings. The molecule has 0 saturated heterocycles. The highest BCUT2D eigenvalue weighted by Gasteiger charge is 2.57. The number of hydrogen-bond acceptors (Lipinski definition) is 6. The first-order valence-electron chi connectivity index (χ1n) is 9.72. The van der Waals surface area contributed by atoms with E-state index in [0.717, 1.165) is 6.07 Å². The monoisotopic (exact) mass is 482 g/mol. The fourth-order valence-electron chi connectivity index (χ4n) is 3.74. The molecular formula is C21H24ClFN4O4S. The third-order valence-electron chi connectivity index (χ3n) is 5.66. The average molecular weight is 483 g/mol. The second kappa shape index (κ2) is 9.13. The number of nitrogens with two attached hydrogens (primary N) is 1. The van der Waals surface area contributed by atoms with E-state index in [1.807, 2.05) is 0 Å². The number of nitrogens with one attached hydrogen (secondary N) is 1. The molecule has 1 aromatic heterocycles. The van der Waals surface area contributed by atoms with E-state index in [1.165, 1.54) is 32.5 Å². The fraction of sp³-hybridized carbons (Fsp3) is 0.381. The SMILES string of the molecule is C/N=C(/N)[C@]1(S(=O)(=O)Cc2cc(NC(=O)c3ncc(Cl)cc3C)ccc2F)C[C@H](OC)C1. The summed E-state index contributed by atoms with van der Waals surface area (Å²) in [4.78, 5) is 20.5. The zero-order valence-electron chi connectivity index (χ0n) is 17.9. The second-order valence-electron chi connectivity index (χ2n) is 7.71. The highest BCUT2D eigenvalue weighted by atomic mass is 35.5. The predicted octanol–water partition coefficient (Wildman–Crippen LogP) is 2.88. The van der Waals surface area contributed by atoms with Gasteiger partial charge >= 0.3 is 0 Å². The van der Waals surface area contributed by atoms with Crippen molar-refractivity contribution in [1.82, 2.24) is 4.98 Å². The van der Waals surface area contributed by atoms with Gasteiger partial charge in [0.05, 0.1) is 16.9 Å². The van der Waals surface area contributed by atoms with Crippen molar-refractivity contribution < 1.29 is 22.3 Å². The van der Waals surface area contributed by atoms with Crippen LogP contribution in [0.25, 0.3) is 0 Å². The number of carbonyl (C=O) groups is 1. The van der Waals surface area contributed by atoms with Gasteiger partial charge in [-0.2, -0.15) is 0 Å². The van der Waals surface area contributed by atoms with Crippen LogP contribution in [0.2, 0.25) is 5.02 Å². The van der Waals surface area contributed by atoms with Crippen molar-refractivity contribution in [3.05, 3.63) is 58.1 Å². The molecule has 0 unspecified atom stereocenters. The summed E-state index contributed by atoms with van der Waals surface area (Å²) in [6.07, 6.45) is 1.37. The fourth-order valence-corrected chi connectivity index (χ4v) is 6.15. The summed E-state index contributed by atoms with van der Waals surface area (Å²) in [6.45, 7) is 1.68. The summed E-state index contributed by atoms with van der Waals surface area (Å²) in [5, 5.41) is 3.01. The Balaban J connectivity index is 1.86. The van der Waals surface area contributed by atoms with Crippen molar-refractivity contribution >= 4 is 38.9 Å². The van der Waals surface area contributed by atoms with Crippen LogP contribution in [0, 0.1) is 12.7 Å². The first kappa shape index (κ1) is 24.1. The Morgan fingerprint density at radius 1 is 1.41 bits per heavy atom. The molecule has 1 aromatic carbocycles. The molecule has 32 heavy (non-hydrogen) atoms. The van der Waals surface area contributed by atoms with Crippen LogP contribution < -0.4 is 11.1 Å². The van der Waals surface area contributed by atoms with E-state index in [4.69, 9.17) is 22.1 Å². The van der Waals surface area contributed by atoms with Crippen LogP contribution in [0.3, 0.4) is 0 Å². The van der Waals surface area contributed by atoms with Crippen LogP contribution in [-0.4, -0.2) is 50.2 Å². The first-order chi connectivity index (χ1) is 15.0. The molecule has 11 heteroatoms. The van der Waals surface area contributed by atoms with Gasteiger partial charge in [0, 0.05) is 44.4 Å². The Morgan fingerprint density at radius 3 is 2.69 bits per heavy atom. The minimum atomic E-state index is -3.94. The van der Waals surface area contributed by atoms with E-state index in [9.17, 15) is 17.6 Å². The van der Waals surface area contributed by atoms with Gasteiger partial charge in [-0.3, -0.25) is 9.79 Å². The number of carbonyl (C=O) groups excluding carboxylic acids is 1. The Morgan fingerprint density at radius 2 is 2.09 bits per heavy atom. The van der Waals surface area contributed by atoms with Crippen molar-refractivity contribution in [2.45, 2.75) is 36.4 Å². The number of rotatable bonds is 7. The number of halogens is 2. The van der Waals surface area contributed by atoms with Crippen LogP contribution in [0.1, 0.15) is 34.5 Å². The molecule has 0 spiro atoms. The van der Waals surface area contributed by atoms with E-state index in [0.29, 0.717) is 10.6 Å². The number of hydrogen-bond donors (Lipinski definition) is 2. The molecule has 3 rings (SSSR count). The highest BCUT2D eigenvalue weighted by Crippen LogP contribution is 2.43. The topological polar surface area (TPSA) is 124 Å². The summed E-state index contributed by atoms with van der Waals surface area (Å²) in [7, 11) is -1.04. The molecule has 3 N–H and O–H groups in total. The van der Waals surface area contributed by atoms with Crippen molar-refractivity contribution in [3.8, 4) is 0 Å². The predicted molar refractivity (Wildman–Crippen MR) is 121 cm³/mol. The van der Waals surface area contributed by atoms with Crippen LogP contribution in [0.4, 0.5) is 10.1 Å². The summed E-state index contributed by atoms with van der Waals surface area (Å²) in [6, 6.07) is 5.33. The lowest BCUT2D eigenvalue weighted by Crippen LogP contribution is -2.61. The molecule has 172 valence electrons. The Kier molecular flexibility index (Phi) is 6.87. The van der Waals surface area contributed by atoms with E-state index >= 15 is 0 Å². The molecule has 8 nitrogen and oxygen atoms in total. The molecular weight excluding hydrogens is 459 g/mol. The maximum atomic E-state index is 14.5. The second-order valence-corrected chi connectivity index (χ2v) is 10.4. The molecule has 1 amide bonds. The number of pyridine rings is 1. The van der Waals surface area contributed by atoms with Gasteiger partial charge in [-0.05, 0) is 36.8 Å². The van der Waals surface area contributed by atoms with Crippen LogP contribution in [-0.2, 0) is 20.3 Å². The molecule has 1 fully saturated rings. The molecule has 1 aliphatic carbocycles. The lowest BCUT2D eigenvalue weighted by Gasteiger charge is -2.45. The van der Waals surface area contributed by atoms with Gasteiger partial charge in [-0.15, -0.1) is 0 Å². The maximum absolute atomic E-state index is 14.5. The smallest absolute Gasteiger partial charge is 0.274 e. The van der Waals surface area contributed by atoms with Gasteiger partial charge in [0.2, 0.25) is 0 Å². The van der Waals surface area contributed by atoms with Crippen molar-refractivity contribution in [3.63, 3.8) is 0 Å². The number of methoxy groups -OCH3 is 1. The third kappa shape index (κ3) is 4.48. The summed E-state index contributed by atoms with van der Waals surface area (Å²) in [5.74, 6) is -1.87. The summed E-state index contributed by atoms with van der Waals surface area (Å²) < 4.78 is 44.8. The van der Waals surface area contributed by atoms with Crippen LogP contribution in [0.15, 0.2) is 35.5 Å². The molecule has 0 atom stereocenters. The number of sulfone groups is 1. The van der Waals surface area contributed by atoms with Crippen molar-refractivity contribution in [2.75, 3.05) is 19.5 Å². The number of ether oxygens (including phenoxy) is 1. The molecule has 0 bridgehead atoms. The van der Waals surface area contributed by atoms with Gasteiger partial charge in [0.15, 0.2) is 9.84 Å². The first-order valence-corrected chi connectivity index (χ1v) is 11.8. The Labute approximate surface area is 191 Å². The van der Waals surface area contributed by atoms with E-state index in [2.05, 4.69) is 15.3 Å². The lowest BCUT2D eigenvalue weighted by molar-refractivity contribution is 0.0300. The molecule has 1 heterocycles. The van der Waals surface area contributed by atoms with Gasteiger partial charge < -0.3 is 15.8 Å². The number of aromatic nitrogens is 1. The number of amides is 1. The standard InChI is InChI=1S/C21H24ClFN4O4S/c1-12-6-14(22)10-26-18(12)19(28)27-15-4-5-17(23)13(7-15)11-32(29,30)21(20(24)25-2)8-16(9-21)31-3/h4-7,10,16H,8-9,11H2,1-3H3,(H2,24,25)(H,27,28)/t16-,21-. The van der Waals surface area contributed by atoms with Crippen molar-refractivity contribution in [2.24, 2.45) is 10.7 Å². The third-order valence-corrected chi connectivity index (χ3v) is 8.29. The van der Waals surface area contributed by atoms with E-state index in [-0.39, 0.29) is 41.7 Å². The number of aryl methyl sites for hydroxylation is 1. The van der Waals surface area contributed by atoms with Gasteiger partial charge in [0.25, 0.3) is 5.91 Å². The Hall–Kier alpha value is -2.56. The number of nitrogens with zero attached hydrogens (tertiary/aromatic N) is 2. The van der Waals surface area contributed by atoms with E-state index < -0.39 is 32.1 Å². The zero-order valence-corrected chi connectivity index (χ0v) is 19.4. The number of anilines is 1. The number of aliphatic imine (C=N–C) groups is 1. The molecule has 2 aromatic rings. The van der Waals surface area contributed by atoms with E-state index in [1.54, 1.807) is 13.0 Å².